The van der Waals surface area contributed by atoms with Gasteiger partial charge in [0.05, 0.1) is 38.4 Å². The molecular formula is C18H11Cl5N2O2S. The largest absolute Gasteiger partial charge is 0.490 e. The Kier molecular flexibility index (Phi) is 7.42. The van der Waals surface area contributed by atoms with Gasteiger partial charge >= 0.3 is 0 Å². The topological polar surface area (TPSA) is 44.2 Å². The van der Waals surface area contributed by atoms with E-state index in [1.54, 1.807) is 12.1 Å². The predicted molar refractivity (Wildman–Crippen MR) is 116 cm³/mol. The summed E-state index contributed by atoms with van der Waals surface area (Å²) in [6.07, 6.45) is 1.52. The van der Waals surface area contributed by atoms with Gasteiger partial charge in [0.1, 0.15) is 5.75 Å². The summed E-state index contributed by atoms with van der Waals surface area (Å²) in [5.74, 6) is 1.44. The van der Waals surface area contributed by atoms with Gasteiger partial charge < -0.3 is 9.47 Å². The molecule has 0 fully saturated rings. The molecule has 1 heterocycles. The lowest BCUT2D eigenvalue weighted by atomic mass is 10.2. The van der Waals surface area contributed by atoms with Crippen LogP contribution in [0, 0.1) is 0 Å². The molecule has 0 radical (unpaired) electrons. The van der Waals surface area contributed by atoms with Crippen molar-refractivity contribution in [2.75, 3.05) is 7.11 Å². The standard InChI is InChI=1S/C18H11Cl5N2O2S/c1-26-16-7-24-18(28-8-9-2-3-10(19)11(20)4-9)25-17(16)27-15-6-13(22)12(21)5-14(15)23/h2-7H,8H2,1H3. The number of rotatable bonds is 6. The summed E-state index contributed by atoms with van der Waals surface area (Å²) >= 11 is 31.6. The second kappa shape index (κ2) is 9.61. The Morgan fingerprint density at radius 2 is 1.57 bits per heavy atom. The molecule has 0 amide bonds. The van der Waals surface area contributed by atoms with Gasteiger partial charge in [-0.3, -0.25) is 0 Å². The van der Waals surface area contributed by atoms with Crippen LogP contribution in [0.2, 0.25) is 25.1 Å². The molecule has 28 heavy (non-hydrogen) atoms. The molecule has 0 bridgehead atoms. The third-order valence-corrected chi connectivity index (χ3v) is 6.14. The Morgan fingerprint density at radius 1 is 0.857 bits per heavy atom. The highest BCUT2D eigenvalue weighted by atomic mass is 35.5. The quantitative estimate of drug-likeness (QED) is 0.198. The number of nitrogens with zero attached hydrogens (tertiary/aromatic N) is 2. The van der Waals surface area contributed by atoms with Crippen molar-refractivity contribution in [2.24, 2.45) is 0 Å². The molecule has 0 spiro atoms. The summed E-state index contributed by atoms with van der Waals surface area (Å²) in [7, 11) is 1.49. The molecule has 3 rings (SSSR count). The zero-order chi connectivity index (χ0) is 20.3. The molecule has 0 aliphatic carbocycles. The highest BCUT2D eigenvalue weighted by Crippen LogP contribution is 2.38. The van der Waals surface area contributed by atoms with Crippen LogP contribution in [0.5, 0.6) is 17.4 Å². The zero-order valence-electron chi connectivity index (χ0n) is 14.2. The third kappa shape index (κ3) is 5.29. The first kappa shape index (κ1) is 21.6. The molecule has 0 saturated carbocycles. The van der Waals surface area contributed by atoms with Gasteiger partial charge in [-0.1, -0.05) is 75.8 Å². The van der Waals surface area contributed by atoms with Crippen molar-refractivity contribution in [3.8, 4) is 17.4 Å². The number of ether oxygens (including phenoxy) is 2. The van der Waals surface area contributed by atoms with E-state index in [0.717, 1.165) is 5.56 Å². The summed E-state index contributed by atoms with van der Waals surface area (Å²) < 4.78 is 11.1. The molecule has 0 atom stereocenters. The lowest BCUT2D eigenvalue weighted by Gasteiger charge is -2.12. The minimum absolute atomic E-state index is 0.203. The van der Waals surface area contributed by atoms with Gasteiger partial charge in [0.15, 0.2) is 10.9 Å². The highest BCUT2D eigenvalue weighted by molar-refractivity contribution is 7.98. The lowest BCUT2D eigenvalue weighted by Crippen LogP contribution is -1.97. The summed E-state index contributed by atoms with van der Waals surface area (Å²) in [5, 5.41) is 2.41. The van der Waals surface area contributed by atoms with Crippen LogP contribution in [-0.2, 0) is 5.75 Å². The first-order valence-corrected chi connectivity index (χ1v) is 10.5. The molecule has 4 nitrogen and oxygen atoms in total. The molecule has 10 heteroatoms. The SMILES string of the molecule is COc1cnc(SCc2ccc(Cl)c(Cl)c2)nc1Oc1cc(Cl)c(Cl)cc1Cl. The van der Waals surface area contributed by atoms with Crippen LogP contribution < -0.4 is 9.47 Å². The Morgan fingerprint density at radius 3 is 2.29 bits per heavy atom. The molecule has 0 aliphatic rings. The molecule has 0 saturated heterocycles. The van der Waals surface area contributed by atoms with Crippen LogP contribution >= 0.6 is 69.8 Å². The van der Waals surface area contributed by atoms with Gasteiger partial charge in [0.25, 0.3) is 5.88 Å². The zero-order valence-corrected chi connectivity index (χ0v) is 18.8. The number of methoxy groups -OCH3 is 1. The monoisotopic (exact) mass is 494 g/mol. The average Bonchev–Trinajstić information content (AvgIpc) is 2.67. The van der Waals surface area contributed by atoms with Gasteiger partial charge in [-0.25, -0.2) is 4.98 Å². The Balaban J connectivity index is 1.81. The van der Waals surface area contributed by atoms with Gasteiger partial charge in [-0.05, 0) is 23.8 Å². The van der Waals surface area contributed by atoms with E-state index in [2.05, 4.69) is 9.97 Å². The van der Waals surface area contributed by atoms with Crippen molar-refractivity contribution < 1.29 is 9.47 Å². The van der Waals surface area contributed by atoms with Crippen LogP contribution in [0.25, 0.3) is 0 Å². The minimum atomic E-state index is 0.203. The van der Waals surface area contributed by atoms with Crippen LogP contribution in [0.4, 0.5) is 0 Å². The maximum absolute atomic E-state index is 6.17. The fourth-order valence-corrected chi connectivity index (χ4v) is 3.73. The molecular weight excluding hydrogens is 486 g/mol. The van der Waals surface area contributed by atoms with Crippen molar-refractivity contribution in [3.63, 3.8) is 0 Å². The normalized spacial score (nSPS) is 10.8. The second-order valence-electron chi connectivity index (χ2n) is 5.36. The molecule has 146 valence electrons. The van der Waals surface area contributed by atoms with Gasteiger partial charge in [-0.2, -0.15) is 4.98 Å². The van der Waals surface area contributed by atoms with Crippen LogP contribution in [0.3, 0.4) is 0 Å². The van der Waals surface area contributed by atoms with E-state index >= 15 is 0 Å². The Labute approximate surface area is 191 Å². The van der Waals surface area contributed by atoms with E-state index in [4.69, 9.17) is 67.5 Å². The van der Waals surface area contributed by atoms with Crippen molar-refractivity contribution in [1.29, 1.82) is 0 Å². The number of thioether (sulfide) groups is 1. The van der Waals surface area contributed by atoms with E-state index in [-0.39, 0.29) is 5.88 Å². The minimum Gasteiger partial charge on any atom is -0.490 e. The summed E-state index contributed by atoms with van der Waals surface area (Å²) in [5.41, 5.74) is 0.980. The fourth-order valence-electron chi connectivity index (χ4n) is 2.09. The molecule has 3 aromatic rings. The van der Waals surface area contributed by atoms with E-state index < -0.39 is 0 Å². The molecule has 2 aromatic carbocycles. The number of hydrogen-bond acceptors (Lipinski definition) is 5. The summed E-state index contributed by atoms with van der Waals surface area (Å²) in [6, 6.07) is 8.44. The van der Waals surface area contributed by atoms with E-state index in [9.17, 15) is 0 Å². The van der Waals surface area contributed by atoms with E-state index in [1.807, 2.05) is 6.07 Å². The van der Waals surface area contributed by atoms with E-state index in [1.165, 1.54) is 37.2 Å². The summed E-state index contributed by atoms with van der Waals surface area (Å²) in [4.78, 5) is 8.67. The van der Waals surface area contributed by atoms with Crippen molar-refractivity contribution >= 4 is 69.8 Å². The summed E-state index contributed by atoms with van der Waals surface area (Å²) in [6.45, 7) is 0. The molecule has 0 aliphatic heterocycles. The molecule has 0 unspecified atom stereocenters. The lowest BCUT2D eigenvalue weighted by molar-refractivity contribution is 0.363. The third-order valence-electron chi connectivity index (χ3n) is 3.45. The van der Waals surface area contributed by atoms with Crippen molar-refractivity contribution in [1.82, 2.24) is 9.97 Å². The Bertz CT molecular complexity index is 1020. The number of halogens is 5. The van der Waals surface area contributed by atoms with Gasteiger partial charge in [0.2, 0.25) is 0 Å². The predicted octanol–water partition coefficient (Wildman–Crippen LogP) is 7.84. The number of hydrogen-bond donors (Lipinski definition) is 0. The fraction of sp³-hybridized carbons (Fsp3) is 0.111. The van der Waals surface area contributed by atoms with E-state index in [0.29, 0.717) is 47.5 Å². The maximum Gasteiger partial charge on any atom is 0.266 e. The van der Waals surface area contributed by atoms with Crippen LogP contribution in [-0.4, -0.2) is 17.1 Å². The molecule has 0 N–H and O–H groups in total. The van der Waals surface area contributed by atoms with Gasteiger partial charge in [-0.15, -0.1) is 0 Å². The van der Waals surface area contributed by atoms with Crippen LogP contribution in [0.1, 0.15) is 5.56 Å². The van der Waals surface area contributed by atoms with Gasteiger partial charge in [0, 0.05) is 11.8 Å². The number of aromatic nitrogens is 2. The number of benzene rings is 2. The first-order valence-electron chi connectivity index (χ1n) is 7.67. The van der Waals surface area contributed by atoms with Crippen LogP contribution in [0.15, 0.2) is 41.7 Å². The van der Waals surface area contributed by atoms with Crippen molar-refractivity contribution in [2.45, 2.75) is 10.9 Å². The van der Waals surface area contributed by atoms with Crippen molar-refractivity contribution in [3.05, 3.63) is 67.2 Å². The average molecular weight is 497 g/mol. The highest BCUT2D eigenvalue weighted by Gasteiger charge is 2.15. The first-order chi connectivity index (χ1) is 13.4. The second-order valence-corrected chi connectivity index (χ2v) is 8.34. The maximum atomic E-state index is 6.17. The smallest absolute Gasteiger partial charge is 0.266 e. The molecule has 1 aromatic heterocycles. The Hall–Kier alpha value is -1.08.